The second-order valence-electron chi connectivity index (χ2n) is 5.39. The number of H-pyrrole nitrogens is 1. The molecule has 0 saturated heterocycles. The van der Waals surface area contributed by atoms with Crippen molar-refractivity contribution in [1.29, 1.82) is 0 Å². The van der Waals surface area contributed by atoms with E-state index in [1.165, 1.54) is 12.1 Å². The van der Waals surface area contributed by atoms with Crippen LogP contribution in [0.5, 0.6) is 0 Å². The predicted molar refractivity (Wildman–Crippen MR) is 97.1 cm³/mol. The van der Waals surface area contributed by atoms with E-state index in [1.54, 1.807) is 0 Å². The van der Waals surface area contributed by atoms with Gasteiger partial charge in [-0.3, -0.25) is 19.1 Å². The Morgan fingerprint density at radius 3 is 2.56 bits per heavy atom. The molecule has 6 nitrogen and oxygen atoms in total. The standard InChI is InChI=1S/C17H13Cl2N3O3/c18-11-6-12(19)15-13(7-11)22(17(25)21-16(15)24)9-14(23)20-8-10-4-2-1-3-5-10/h1-7H,8-9H2,(H,20,23)(H,21,24,25). The lowest BCUT2D eigenvalue weighted by atomic mass is 10.2. The van der Waals surface area contributed by atoms with E-state index in [0.717, 1.165) is 10.1 Å². The first-order valence-corrected chi connectivity index (χ1v) is 8.14. The van der Waals surface area contributed by atoms with Crippen LogP contribution < -0.4 is 16.6 Å². The largest absolute Gasteiger partial charge is 0.350 e. The van der Waals surface area contributed by atoms with Crippen LogP contribution in [0.15, 0.2) is 52.1 Å². The molecule has 0 bridgehead atoms. The van der Waals surface area contributed by atoms with Gasteiger partial charge >= 0.3 is 5.69 Å². The Balaban J connectivity index is 1.92. The predicted octanol–water partition coefficient (Wildman–Crippen LogP) is 2.31. The van der Waals surface area contributed by atoms with Crippen LogP contribution >= 0.6 is 23.2 Å². The number of halogens is 2. The Labute approximate surface area is 152 Å². The SMILES string of the molecule is O=C(Cn1c(=O)[nH]c(=O)c2c(Cl)cc(Cl)cc21)NCc1ccccc1. The van der Waals surface area contributed by atoms with Gasteiger partial charge in [0.25, 0.3) is 5.56 Å². The molecular weight excluding hydrogens is 365 g/mol. The lowest BCUT2D eigenvalue weighted by molar-refractivity contribution is -0.121. The molecule has 0 unspecified atom stereocenters. The van der Waals surface area contributed by atoms with Gasteiger partial charge in [-0.15, -0.1) is 0 Å². The van der Waals surface area contributed by atoms with Crippen LogP contribution in [0.4, 0.5) is 0 Å². The monoisotopic (exact) mass is 377 g/mol. The molecule has 1 heterocycles. The fraction of sp³-hybridized carbons (Fsp3) is 0.118. The topological polar surface area (TPSA) is 84.0 Å². The van der Waals surface area contributed by atoms with Gasteiger partial charge in [0.15, 0.2) is 0 Å². The van der Waals surface area contributed by atoms with Gasteiger partial charge < -0.3 is 5.32 Å². The highest BCUT2D eigenvalue weighted by atomic mass is 35.5. The van der Waals surface area contributed by atoms with Crippen LogP contribution in [-0.2, 0) is 17.9 Å². The van der Waals surface area contributed by atoms with Crippen molar-refractivity contribution in [3.05, 3.63) is 78.9 Å². The quantitative estimate of drug-likeness (QED) is 0.731. The maximum absolute atomic E-state index is 12.2. The zero-order valence-corrected chi connectivity index (χ0v) is 14.4. The normalized spacial score (nSPS) is 10.8. The Morgan fingerprint density at radius 2 is 1.84 bits per heavy atom. The molecule has 0 fully saturated rings. The average molecular weight is 378 g/mol. The van der Waals surface area contributed by atoms with Crippen molar-refractivity contribution < 1.29 is 4.79 Å². The van der Waals surface area contributed by atoms with Crippen LogP contribution in [0.25, 0.3) is 10.9 Å². The van der Waals surface area contributed by atoms with Gasteiger partial charge in [0.1, 0.15) is 6.54 Å². The molecule has 0 saturated carbocycles. The maximum Gasteiger partial charge on any atom is 0.329 e. The second-order valence-corrected chi connectivity index (χ2v) is 6.23. The highest BCUT2D eigenvalue weighted by molar-refractivity contribution is 6.38. The summed E-state index contributed by atoms with van der Waals surface area (Å²) in [5.41, 5.74) is -0.185. The lowest BCUT2D eigenvalue weighted by Crippen LogP contribution is -2.36. The molecule has 0 atom stereocenters. The Hall–Kier alpha value is -2.57. The third-order valence-electron chi connectivity index (χ3n) is 3.65. The van der Waals surface area contributed by atoms with Crippen LogP contribution in [-0.4, -0.2) is 15.5 Å². The van der Waals surface area contributed by atoms with Gasteiger partial charge in [-0.2, -0.15) is 0 Å². The number of aromatic nitrogens is 2. The molecule has 25 heavy (non-hydrogen) atoms. The minimum atomic E-state index is -0.703. The van der Waals surface area contributed by atoms with Gasteiger partial charge in [0.2, 0.25) is 5.91 Å². The molecule has 8 heteroatoms. The highest BCUT2D eigenvalue weighted by Gasteiger charge is 2.14. The summed E-state index contributed by atoms with van der Waals surface area (Å²) in [6.07, 6.45) is 0. The number of rotatable bonds is 4. The first kappa shape index (κ1) is 17.3. The van der Waals surface area contributed by atoms with Crippen molar-refractivity contribution in [2.24, 2.45) is 0 Å². The fourth-order valence-corrected chi connectivity index (χ4v) is 3.06. The smallest absolute Gasteiger partial charge is 0.329 e. The first-order valence-electron chi connectivity index (χ1n) is 7.38. The van der Waals surface area contributed by atoms with Crippen molar-refractivity contribution in [2.45, 2.75) is 13.1 Å². The van der Waals surface area contributed by atoms with Crippen LogP contribution in [0.2, 0.25) is 10.0 Å². The van der Waals surface area contributed by atoms with E-state index >= 15 is 0 Å². The molecular formula is C17H13Cl2N3O3. The molecule has 0 aliphatic carbocycles. The van der Waals surface area contributed by atoms with Crippen molar-refractivity contribution in [1.82, 2.24) is 14.9 Å². The molecule has 0 spiro atoms. The summed E-state index contributed by atoms with van der Waals surface area (Å²) in [5.74, 6) is -0.379. The minimum absolute atomic E-state index is 0.113. The van der Waals surface area contributed by atoms with E-state index in [9.17, 15) is 14.4 Å². The summed E-state index contributed by atoms with van der Waals surface area (Å²) in [4.78, 5) is 38.5. The molecule has 1 aromatic heterocycles. The Bertz CT molecular complexity index is 1060. The van der Waals surface area contributed by atoms with Crippen LogP contribution in [0.1, 0.15) is 5.56 Å². The average Bonchev–Trinajstić information content (AvgIpc) is 2.56. The first-order chi connectivity index (χ1) is 12.0. The van der Waals surface area contributed by atoms with E-state index < -0.39 is 11.2 Å². The van der Waals surface area contributed by atoms with E-state index in [4.69, 9.17) is 23.2 Å². The zero-order valence-electron chi connectivity index (χ0n) is 12.9. The molecule has 128 valence electrons. The lowest BCUT2D eigenvalue weighted by Gasteiger charge is -2.11. The second kappa shape index (κ2) is 7.13. The van der Waals surface area contributed by atoms with Crippen molar-refractivity contribution >= 4 is 40.0 Å². The third kappa shape index (κ3) is 3.75. The van der Waals surface area contributed by atoms with Gasteiger partial charge in [-0.05, 0) is 17.7 Å². The molecule has 0 aliphatic heterocycles. The van der Waals surface area contributed by atoms with E-state index in [0.29, 0.717) is 6.54 Å². The number of hydrogen-bond donors (Lipinski definition) is 2. The van der Waals surface area contributed by atoms with E-state index in [-0.39, 0.29) is 33.4 Å². The maximum atomic E-state index is 12.2. The van der Waals surface area contributed by atoms with E-state index in [2.05, 4.69) is 10.3 Å². The number of hydrogen-bond acceptors (Lipinski definition) is 3. The molecule has 3 rings (SSSR count). The highest BCUT2D eigenvalue weighted by Crippen LogP contribution is 2.24. The van der Waals surface area contributed by atoms with E-state index in [1.807, 2.05) is 30.3 Å². The van der Waals surface area contributed by atoms with Gasteiger partial charge in [-0.25, -0.2) is 4.79 Å². The minimum Gasteiger partial charge on any atom is -0.350 e. The summed E-state index contributed by atoms with van der Waals surface area (Å²) in [7, 11) is 0. The molecule has 2 aromatic carbocycles. The summed E-state index contributed by atoms with van der Waals surface area (Å²) in [6, 6.07) is 12.2. The molecule has 2 N–H and O–H groups in total. The third-order valence-corrected chi connectivity index (χ3v) is 4.17. The van der Waals surface area contributed by atoms with Crippen LogP contribution in [0.3, 0.4) is 0 Å². The van der Waals surface area contributed by atoms with Gasteiger partial charge in [-0.1, -0.05) is 53.5 Å². The Morgan fingerprint density at radius 1 is 1.12 bits per heavy atom. The van der Waals surface area contributed by atoms with Crippen LogP contribution in [0, 0.1) is 0 Å². The number of carbonyl (C=O) groups excluding carboxylic acids is 1. The number of amides is 1. The summed E-state index contributed by atoms with van der Waals surface area (Å²) < 4.78 is 1.13. The number of benzene rings is 2. The van der Waals surface area contributed by atoms with Crippen molar-refractivity contribution in [3.63, 3.8) is 0 Å². The number of nitrogens with zero attached hydrogens (tertiary/aromatic N) is 1. The summed E-state index contributed by atoms with van der Waals surface area (Å²) in [5, 5.41) is 3.22. The van der Waals surface area contributed by atoms with Gasteiger partial charge in [0.05, 0.1) is 15.9 Å². The molecule has 0 aliphatic rings. The zero-order chi connectivity index (χ0) is 18.0. The fourth-order valence-electron chi connectivity index (χ4n) is 2.49. The number of nitrogens with one attached hydrogen (secondary N) is 2. The summed E-state index contributed by atoms with van der Waals surface area (Å²) in [6.45, 7) is 0.0623. The van der Waals surface area contributed by atoms with Gasteiger partial charge in [0, 0.05) is 11.6 Å². The molecule has 3 aromatic rings. The summed E-state index contributed by atoms with van der Waals surface area (Å²) >= 11 is 12.0. The molecule has 1 amide bonds. The number of fused-ring (bicyclic) bond motifs is 1. The number of carbonyl (C=O) groups is 1. The Kier molecular flexibility index (Phi) is 4.92. The van der Waals surface area contributed by atoms with Crippen molar-refractivity contribution in [2.75, 3.05) is 0 Å². The van der Waals surface area contributed by atoms with Crippen molar-refractivity contribution in [3.8, 4) is 0 Å². The molecule has 0 radical (unpaired) electrons. The number of aromatic amines is 1.